The van der Waals surface area contributed by atoms with Crippen LogP contribution in [-0.4, -0.2) is 42.4 Å². The topological polar surface area (TPSA) is 68.2 Å². The first-order chi connectivity index (χ1) is 69.3. The molecule has 0 aliphatic carbocycles. The second-order valence-corrected chi connectivity index (χ2v) is 44.0. The average molecular weight is 1880 g/mol. The first kappa shape index (κ1) is 95.3. The van der Waals surface area contributed by atoms with Crippen LogP contribution in [0.5, 0.6) is 0 Å². The van der Waals surface area contributed by atoms with E-state index in [-0.39, 0.29) is 32.5 Å². The molecular formula is C135H127N9. The van der Waals surface area contributed by atoms with Gasteiger partial charge >= 0.3 is 0 Å². The molecule has 0 unspecified atom stereocenters. The van der Waals surface area contributed by atoms with Crippen molar-refractivity contribution < 1.29 is 0 Å². The van der Waals surface area contributed by atoms with Gasteiger partial charge in [-0.2, -0.15) is 0 Å². The molecule has 0 saturated heterocycles. The smallest absolute Gasteiger partial charge is 0.137 e. The zero-order valence-corrected chi connectivity index (χ0v) is 86.2. The van der Waals surface area contributed by atoms with Gasteiger partial charge in [0.15, 0.2) is 0 Å². The fourth-order valence-electron chi connectivity index (χ4n) is 20.7. The molecule has 0 N–H and O–H groups in total. The van der Waals surface area contributed by atoms with E-state index in [2.05, 4.69) is 563 Å². The van der Waals surface area contributed by atoms with Gasteiger partial charge in [-0.15, -0.1) is 0 Å². The summed E-state index contributed by atoms with van der Waals surface area (Å²) in [5.74, 6) is 0.981. The summed E-state index contributed by atoms with van der Waals surface area (Å²) in [4.78, 5) is 13.9. The van der Waals surface area contributed by atoms with E-state index in [1.54, 1.807) is 0 Å². The van der Waals surface area contributed by atoms with Crippen molar-refractivity contribution in [2.24, 2.45) is 0 Å². The van der Waals surface area contributed by atoms with Gasteiger partial charge in [0.25, 0.3) is 0 Å². The van der Waals surface area contributed by atoms with E-state index < -0.39 is 0 Å². The second-order valence-electron chi connectivity index (χ2n) is 44.0. The first-order valence-corrected chi connectivity index (χ1v) is 50.6. The third-order valence-corrected chi connectivity index (χ3v) is 27.7. The lowest BCUT2D eigenvalue weighted by Crippen LogP contribution is -2.17. The van der Waals surface area contributed by atoms with Crippen LogP contribution in [-0.2, 0) is 32.5 Å². The minimum Gasteiger partial charge on any atom is -0.309 e. The van der Waals surface area contributed by atoms with E-state index in [1.165, 1.54) is 182 Å². The van der Waals surface area contributed by atoms with E-state index >= 15 is 0 Å². The minimum absolute atomic E-state index is 0.00226. The van der Waals surface area contributed by atoms with Gasteiger partial charge < -0.3 is 22.8 Å². The number of para-hydroxylation sites is 13. The highest BCUT2D eigenvalue weighted by molar-refractivity contribution is 6.16. The molecule has 25 aromatic rings. The number of aromatic nitrogens is 9. The number of rotatable bonds is 7. The largest absolute Gasteiger partial charge is 0.309 e. The van der Waals surface area contributed by atoms with Crippen molar-refractivity contribution in [1.29, 1.82) is 0 Å². The van der Waals surface area contributed by atoms with Gasteiger partial charge in [0.05, 0.1) is 77.6 Å². The number of nitrogens with zero attached hydrogens (tertiary/aromatic N) is 9. The molecule has 0 bridgehead atoms. The summed E-state index contributed by atoms with van der Waals surface area (Å²) in [6, 6.07) is 156. The van der Waals surface area contributed by atoms with Crippen molar-refractivity contribution in [3.63, 3.8) is 0 Å². The number of hydrogen-bond donors (Lipinski definition) is 0. The summed E-state index contributed by atoms with van der Waals surface area (Å²) < 4.78 is 14.5. The van der Waals surface area contributed by atoms with Crippen LogP contribution in [0, 0.1) is 0 Å². The molecule has 9 heteroatoms. The van der Waals surface area contributed by atoms with Crippen LogP contribution in [0.4, 0.5) is 0 Å². The zero-order chi connectivity index (χ0) is 100. The number of fused-ring (bicyclic) bond motifs is 18. The Morgan fingerprint density at radius 3 is 0.854 bits per heavy atom. The van der Waals surface area contributed by atoms with E-state index in [4.69, 9.17) is 9.97 Å². The van der Waals surface area contributed by atoms with Gasteiger partial charge in [0.1, 0.15) is 5.82 Å². The molecule has 0 saturated carbocycles. The molecule has 16 aromatic carbocycles. The Morgan fingerprint density at radius 2 is 0.493 bits per heavy atom. The van der Waals surface area contributed by atoms with Crippen LogP contribution < -0.4 is 0 Å². The Hall–Kier alpha value is -16.2. The molecule has 0 spiro atoms. The van der Waals surface area contributed by atoms with Gasteiger partial charge in [-0.05, 0) is 173 Å². The molecule has 0 amide bonds. The molecule has 25 rings (SSSR count). The normalized spacial score (nSPS) is 12.1. The van der Waals surface area contributed by atoms with Crippen molar-refractivity contribution in [3.8, 4) is 45.5 Å². The molecule has 0 aliphatic heterocycles. The van der Waals surface area contributed by atoms with Gasteiger partial charge in [0, 0.05) is 138 Å². The lowest BCUT2D eigenvalue weighted by molar-refractivity contribution is 0.567. The standard InChI is InChI=1S/2C34H28N2.C22H21N.C21H20N2.C15H17N.C9H13N/c1-34(2,3)23-20-24(35-30-16-8-4-12-26(30)27-13-5-9-17-31(27)35)22-25(21-23)36-32-18-10-6-14-28(32)29-15-7-11-19-33(29)36;1-34(2,3)32-31(36-29-19-11-7-15-24(29)25-16-8-12-20-30(25)36)22-21-27-26-17-9-10-18-28(26)35(33(27)32)23-13-5-4-6-14-23;1-22(2,3)19-14-9-13-18-17-12-7-8-15-20(17)23(21(18)19)16-10-5-4-6-11-16;1-21(2,3)19-13-8-14-20(22-19)23-17-11-6-4-9-15(17)16-10-5-7-12-18(16)23;1-15(2,3)14-11-7-10-13(16-14)12-8-5-4-6-9-12;1-9(2,3)8-6-4-5-7-10-8/h2*4-22H,1-3H3;4-15H,1-3H3;4-14H,1-3H3;4-11H,1-3H3;4-7H,1-3H3. The van der Waals surface area contributed by atoms with Gasteiger partial charge in [0.2, 0.25) is 0 Å². The van der Waals surface area contributed by atoms with Crippen LogP contribution in [0.15, 0.2) is 443 Å². The quantitative estimate of drug-likeness (QED) is 0.160. The summed E-state index contributed by atoms with van der Waals surface area (Å²) in [6.07, 6.45) is 1.83. The Labute approximate surface area is 846 Å². The van der Waals surface area contributed by atoms with Crippen LogP contribution in [0.1, 0.15) is 158 Å². The van der Waals surface area contributed by atoms with Crippen LogP contribution in [0.25, 0.3) is 176 Å². The highest BCUT2D eigenvalue weighted by Gasteiger charge is 2.31. The molecule has 9 heterocycles. The van der Waals surface area contributed by atoms with Gasteiger partial charge in [-0.3, -0.25) is 14.5 Å². The molecular weight excluding hydrogens is 1750 g/mol. The van der Waals surface area contributed by atoms with Crippen molar-refractivity contribution in [2.45, 2.75) is 157 Å². The summed E-state index contributed by atoms with van der Waals surface area (Å²) in [5.41, 5.74) is 31.0. The van der Waals surface area contributed by atoms with Crippen molar-refractivity contribution >= 4 is 131 Å². The summed E-state index contributed by atoms with van der Waals surface area (Å²) >= 11 is 0. The molecule has 0 atom stereocenters. The summed E-state index contributed by atoms with van der Waals surface area (Å²) in [7, 11) is 0. The minimum atomic E-state index is -0.0950. The Bertz CT molecular complexity index is 8640. The fraction of sp³-hybridized carbons (Fsp3) is 0.178. The maximum absolute atomic E-state index is 4.95. The lowest BCUT2D eigenvalue weighted by atomic mass is 9.84. The van der Waals surface area contributed by atoms with Crippen LogP contribution >= 0.6 is 0 Å². The monoisotopic (exact) mass is 1870 g/mol. The van der Waals surface area contributed by atoms with Crippen molar-refractivity contribution in [3.05, 3.63) is 477 Å². The van der Waals surface area contributed by atoms with E-state index in [9.17, 15) is 0 Å². The number of benzene rings is 16. The van der Waals surface area contributed by atoms with Crippen LogP contribution in [0.2, 0.25) is 0 Å². The Kier molecular flexibility index (Phi) is 25.6. The number of pyridine rings is 3. The Balaban J connectivity index is 0.000000110. The first-order valence-electron chi connectivity index (χ1n) is 50.6. The Morgan fingerprint density at radius 1 is 0.188 bits per heavy atom. The van der Waals surface area contributed by atoms with E-state index in [0.29, 0.717) is 0 Å². The predicted molar refractivity (Wildman–Crippen MR) is 616 cm³/mol. The predicted octanol–water partition coefficient (Wildman–Crippen LogP) is 36.3. The van der Waals surface area contributed by atoms with Gasteiger partial charge in [-0.25, -0.2) is 4.98 Å². The lowest BCUT2D eigenvalue weighted by Gasteiger charge is -2.27. The molecule has 0 aliphatic rings. The fourth-order valence-corrected chi connectivity index (χ4v) is 20.7. The maximum Gasteiger partial charge on any atom is 0.137 e. The zero-order valence-electron chi connectivity index (χ0n) is 86.2. The van der Waals surface area contributed by atoms with E-state index in [0.717, 1.165) is 28.6 Å². The molecule has 0 fully saturated rings. The molecule has 9 nitrogen and oxygen atoms in total. The molecule has 144 heavy (non-hydrogen) atoms. The average Bonchev–Trinajstić information content (AvgIpc) is 1.55. The van der Waals surface area contributed by atoms with Gasteiger partial charge in [-0.1, -0.05) is 416 Å². The molecule has 712 valence electrons. The van der Waals surface area contributed by atoms with Crippen molar-refractivity contribution in [1.82, 2.24) is 42.4 Å². The van der Waals surface area contributed by atoms with E-state index in [1.807, 2.05) is 36.5 Å². The molecule has 9 aromatic heterocycles. The second kappa shape index (κ2) is 38.7. The summed E-state index contributed by atoms with van der Waals surface area (Å²) in [6.45, 7) is 40.4. The third-order valence-electron chi connectivity index (χ3n) is 27.7. The highest BCUT2D eigenvalue weighted by Crippen LogP contribution is 2.47. The third kappa shape index (κ3) is 18.6. The van der Waals surface area contributed by atoms with Crippen LogP contribution in [0.3, 0.4) is 0 Å². The van der Waals surface area contributed by atoms with Crippen molar-refractivity contribution in [2.75, 3.05) is 0 Å². The molecule has 0 radical (unpaired) electrons. The highest BCUT2D eigenvalue weighted by atomic mass is 15.1. The number of hydrogen-bond acceptors (Lipinski definition) is 3. The SMILES string of the molecule is CC(C)(C)c1c(-n2c3ccccc3c3ccccc32)ccc2c3ccccc3n(-c3ccccc3)c12.CC(C)(C)c1cc(-n2c3ccccc3c3ccccc32)cc(-n2c3ccccc3c3ccccc32)c1.CC(C)(C)c1cccc(-c2ccccc2)n1.CC(C)(C)c1cccc(-n2c3ccccc3c3ccccc32)n1.CC(C)(C)c1cccc2c3ccccc3n(-c3ccccc3)c12.CC(C)(C)c1ccccn1. The maximum atomic E-state index is 4.95. The summed E-state index contributed by atoms with van der Waals surface area (Å²) in [5, 5.41) is 15.5.